The molecule has 1 nitrogen and oxygen atoms in total. The molecule has 0 radical (unpaired) electrons. The highest BCUT2D eigenvalue weighted by molar-refractivity contribution is 5.21. The molecule has 0 saturated carbocycles. The third-order valence-electron chi connectivity index (χ3n) is 2.70. The molecule has 0 fully saturated rings. The molecule has 0 aromatic heterocycles. The van der Waals surface area contributed by atoms with E-state index in [1.165, 1.54) is 11.1 Å². The lowest BCUT2D eigenvalue weighted by molar-refractivity contribution is 0.473. The lowest BCUT2D eigenvalue weighted by Crippen LogP contribution is -2.22. The Balaban J connectivity index is 2.33. The Morgan fingerprint density at radius 1 is 1.13 bits per heavy atom. The maximum atomic E-state index is 6.05. The quantitative estimate of drug-likeness (QED) is 0.784. The van der Waals surface area contributed by atoms with Gasteiger partial charge in [0.05, 0.1) is 0 Å². The molecule has 0 heterocycles. The van der Waals surface area contributed by atoms with Gasteiger partial charge in [-0.05, 0) is 37.7 Å². The van der Waals surface area contributed by atoms with Gasteiger partial charge in [-0.3, -0.25) is 0 Å². The van der Waals surface area contributed by atoms with Crippen molar-refractivity contribution in [3.05, 3.63) is 35.4 Å². The Labute approximate surface area is 93.7 Å². The van der Waals surface area contributed by atoms with Crippen molar-refractivity contribution in [1.29, 1.82) is 0 Å². The van der Waals surface area contributed by atoms with Crippen LogP contribution < -0.4 is 5.73 Å². The minimum absolute atomic E-state index is 0.353. The van der Waals surface area contributed by atoms with Crippen molar-refractivity contribution < 1.29 is 0 Å². The SMILES string of the molecule is Cc1ccc(CCC(N)CC(C)C)cc1. The number of rotatable bonds is 5. The van der Waals surface area contributed by atoms with Crippen LogP contribution in [-0.2, 0) is 6.42 Å². The van der Waals surface area contributed by atoms with Crippen molar-refractivity contribution >= 4 is 0 Å². The fourth-order valence-corrected chi connectivity index (χ4v) is 1.83. The normalized spacial score (nSPS) is 13.1. The van der Waals surface area contributed by atoms with E-state index in [-0.39, 0.29) is 0 Å². The van der Waals surface area contributed by atoms with E-state index in [0.717, 1.165) is 19.3 Å². The summed E-state index contributed by atoms with van der Waals surface area (Å²) in [5, 5.41) is 0. The number of aryl methyl sites for hydroxylation is 2. The fraction of sp³-hybridized carbons (Fsp3) is 0.571. The van der Waals surface area contributed by atoms with Gasteiger partial charge in [-0.15, -0.1) is 0 Å². The second-order valence-corrected chi connectivity index (χ2v) is 4.91. The molecule has 1 rings (SSSR count). The Kier molecular flexibility index (Phi) is 4.83. The van der Waals surface area contributed by atoms with Gasteiger partial charge < -0.3 is 5.73 Å². The first kappa shape index (κ1) is 12.3. The van der Waals surface area contributed by atoms with Gasteiger partial charge in [0.2, 0.25) is 0 Å². The fourth-order valence-electron chi connectivity index (χ4n) is 1.83. The van der Waals surface area contributed by atoms with Crippen LogP contribution in [0.1, 0.15) is 37.8 Å². The molecule has 0 spiro atoms. The first-order chi connectivity index (χ1) is 7.08. The zero-order valence-electron chi connectivity index (χ0n) is 10.2. The highest BCUT2D eigenvalue weighted by atomic mass is 14.6. The van der Waals surface area contributed by atoms with Crippen molar-refractivity contribution in [2.75, 3.05) is 0 Å². The second kappa shape index (κ2) is 5.92. The van der Waals surface area contributed by atoms with Crippen molar-refractivity contribution in [3.8, 4) is 0 Å². The van der Waals surface area contributed by atoms with Crippen LogP contribution >= 0.6 is 0 Å². The molecule has 1 aromatic rings. The smallest absolute Gasteiger partial charge is 0.00444 e. The molecule has 15 heavy (non-hydrogen) atoms. The Hall–Kier alpha value is -0.820. The van der Waals surface area contributed by atoms with Crippen LogP contribution in [0.5, 0.6) is 0 Å². The van der Waals surface area contributed by atoms with Gasteiger partial charge >= 0.3 is 0 Å². The van der Waals surface area contributed by atoms with Gasteiger partial charge in [0.25, 0.3) is 0 Å². The largest absolute Gasteiger partial charge is 0.328 e. The first-order valence-corrected chi connectivity index (χ1v) is 5.89. The zero-order valence-corrected chi connectivity index (χ0v) is 10.2. The molecule has 0 aliphatic carbocycles. The van der Waals surface area contributed by atoms with Crippen molar-refractivity contribution in [2.45, 2.75) is 46.1 Å². The number of hydrogen-bond donors (Lipinski definition) is 1. The van der Waals surface area contributed by atoms with E-state index in [2.05, 4.69) is 45.0 Å². The predicted octanol–water partition coefficient (Wildman–Crippen LogP) is 3.30. The summed E-state index contributed by atoms with van der Waals surface area (Å²) >= 11 is 0. The molecule has 0 aliphatic rings. The maximum Gasteiger partial charge on any atom is 0.00444 e. The number of nitrogens with two attached hydrogens (primary N) is 1. The van der Waals surface area contributed by atoms with Crippen LogP contribution in [0.25, 0.3) is 0 Å². The molecule has 1 unspecified atom stereocenters. The topological polar surface area (TPSA) is 26.0 Å². The molecule has 1 atom stereocenters. The average molecular weight is 205 g/mol. The van der Waals surface area contributed by atoms with Crippen molar-refractivity contribution in [1.82, 2.24) is 0 Å². The Morgan fingerprint density at radius 3 is 2.27 bits per heavy atom. The lowest BCUT2D eigenvalue weighted by Gasteiger charge is -2.13. The summed E-state index contributed by atoms with van der Waals surface area (Å²) in [7, 11) is 0. The molecule has 0 aliphatic heterocycles. The summed E-state index contributed by atoms with van der Waals surface area (Å²) in [4.78, 5) is 0. The summed E-state index contributed by atoms with van der Waals surface area (Å²) in [5.74, 6) is 0.706. The summed E-state index contributed by atoms with van der Waals surface area (Å²) in [6.45, 7) is 6.58. The number of hydrogen-bond acceptors (Lipinski definition) is 1. The molecular weight excluding hydrogens is 182 g/mol. The zero-order chi connectivity index (χ0) is 11.3. The predicted molar refractivity (Wildman–Crippen MR) is 66.9 cm³/mol. The van der Waals surface area contributed by atoms with Crippen LogP contribution in [0.4, 0.5) is 0 Å². The van der Waals surface area contributed by atoms with Crippen LogP contribution in [-0.4, -0.2) is 6.04 Å². The highest BCUT2D eigenvalue weighted by Gasteiger charge is 2.05. The van der Waals surface area contributed by atoms with Gasteiger partial charge in [0.1, 0.15) is 0 Å². The van der Waals surface area contributed by atoms with E-state index in [9.17, 15) is 0 Å². The summed E-state index contributed by atoms with van der Waals surface area (Å²) in [5.41, 5.74) is 8.78. The average Bonchev–Trinajstić information content (AvgIpc) is 2.16. The minimum atomic E-state index is 0.353. The molecule has 0 amide bonds. The summed E-state index contributed by atoms with van der Waals surface area (Å²) < 4.78 is 0. The van der Waals surface area contributed by atoms with Gasteiger partial charge in [0, 0.05) is 6.04 Å². The minimum Gasteiger partial charge on any atom is -0.328 e. The van der Waals surface area contributed by atoms with Gasteiger partial charge in [-0.2, -0.15) is 0 Å². The monoisotopic (exact) mass is 205 g/mol. The highest BCUT2D eigenvalue weighted by Crippen LogP contribution is 2.10. The molecule has 84 valence electrons. The lowest BCUT2D eigenvalue weighted by atomic mass is 9.98. The molecule has 1 aromatic carbocycles. The van der Waals surface area contributed by atoms with E-state index in [0.29, 0.717) is 12.0 Å². The molecular formula is C14H23N. The molecule has 1 heteroatoms. The number of benzene rings is 1. The molecule has 0 bridgehead atoms. The van der Waals surface area contributed by atoms with E-state index in [1.54, 1.807) is 0 Å². The van der Waals surface area contributed by atoms with Crippen molar-refractivity contribution in [2.24, 2.45) is 11.7 Å². The first-order valence-electron chi connectivity index (χ1n) is 5.89. The summed E-state index contributed by atoms with van der Waals surface area (Å²) in [6, 6.07) is 9.10. The third-order valence-corrected chi connectivity index (χ3v) is 2.70. The second-order valence-electron chi connectivity index (χ2n) is 4.91. The van der Waals surface area contributed by atoms with Gasteiger partial charge in [-0.25, -0.2) is 0 Å². The van der Waals surface area contributed by atoms with E-state index in [4.69, 9.17) is 5.73 Å². The van der Waals surface area contributed by atoms with Crippen LogP contribution in [0, 0.1) is 12.8 Å². The Bertz CT molecular complexity index is 274. The standard InChI is InChI=1S/C14H23N/c1-11(2)10-14(15)9-8-13-6-4-12(3)5-7-13/h4-7,11,14H,8-10,15H2,1-3H3. The van der Waals surface area contributed by atoms with E-state index >= 15 is 0 Å². The summed E-state index contributed by atoms with van der Waals surface area (Å²) in [6.07, 6.45) is 3.33. The van der Waals surface area contributed by atoms with E-state index < -0.39 is 0 Å². The van der Waals surface area contributed by atoms with Crippen LogP contribution in [0.3, 0.4) is 0 Å². The van der Waals surface area contributed by atoms with Crippen molar-refractivity contribution in [3.63, 3.8) is 0 Å². The van der Waals surface area contributed by atoms with E-state index in [1.807, 2.05) is 0 Å². The maximum absolute atomic E-state index is 6.05. The third kappa shape index (κ3) is 4.98. The molecule has 2 N–H and O–H groups in total. The van der Waals surface area contributed by atoms with Gasteiger partial charge in [0.15, 0.2) is 0 Å². The van der Waals surface area contributed by atoms with Crippen LogP contribution in [0.2, 0.25) is 0 Å². The Morgan fingerprint density at radius 2 is 1.73 bits per heavy atom. The van der Waals surface area contributed by atoms with Crippen LogP contribution in [0.15, 0.2) is 24.3 Å². The van der Waals surface area contributed by atoms with Gasteiger partial charge in [-0.1, -0.05) is 43.7 Å². The molecule has 0 saturated heterocycles.